The van der Waals surface area contributed by atoms with Gasteiger partial charge in [-0.2, -0.15) is 13.2 Å². The Balaban J connectivity index is 1.76. The summed E-state index contributed by atoms with van der Waals surface area (Å²) in [7, 11) is 1.43. The van der Waals surface area contributed by atoms with Crippen molar-refractivity contribution >= 4 is 11.0 Å². The van der Waals surface area contributed by atoms with E-state index in [1.165, 1.54) is 73.8 Å². The van der Waals surface area contributed by atoms with Crippen molar-refractivity contribution in [3.05, 3.63) is 94.1 Å². The van der Waals surface area contributed by atoms with E-state index in [2.05, 4.69) is 0 Å². The average molecular weight is 444 g/mol. The lowest BCUT2D eigenvalue weighted by atomic mass is 10.0. The van der Waals surface area contributed by atoms with E-state index in [1.807, 2.05) is 0 Å². The first-order valence-electron chi connectivity index (χ1n) is 9.46. The van der Waals surface area contributed by atoms with Crippen molar-refractivity contribution < 1.29 is 31.5 Å². The van der Waals surface area contributed by atoms with Crippen LogP contribution in [-0.4, -0.2) is 7.11 Å². The molecule has 0 unspecified atom stereocenters. The van der Waals surface area contributed by atoms with Gasteiger partial charge in [-0.05, 0) is 47.5 Å². The standard InChI is InChI=1S/C24H16F4O4/c1-30-17-8-4-15(5-9-17)21-22(29)19-11-10-18(12-20(19)32-23(21)24(26,27)28)31-13-14-2-6-16(25)7-3-14/h2-12H,13H2,1H3. The van der Waals surface area contributed by atoms with E-state index >= 15 is 0 Å². The minimum Gasteiger partial charge on any atom is -0.497 e. The predicted octanol–water partition coefficient (Wildman–Crippen LogP) is 6.21. The van der Waals surface area contributed by atoms with E-state index in [0.717, 1.165) is 0 Å². The highest BCUT2D eigenvalue weighted by molar-refractivity contribution is 5.84. The molecule has 0 amide bonds. The van der Waals surface area contributed by atoms with E-state index in [9.17, 15) is 22.4 Å². The van der Waals surface area contributed by atoms with Crippen LogP contribution in [0.3, 0.4) is 0 Å². The van der Waals surface area contributed by atoms with Crippen molar-refractivity contribution in [3.8, 4) is 22.6 Å². The fourth-order valence-corrected chi connectivity index (χ4v) is 3.23. The lowest BCUT2D eigenvalue weighted by Gasteiger charge is -2.14. The Morgan fingerprint density at radius 3 is 2.19 bits per heavy atom. The quantitative estimate of drug-likeness (QED) is 0.344. The molecule has 0 aliphatic heterocycles. The van der Waals surface area contributed by atoms with Crippen LogP contribution < -0.4 is 14.9 Å². The van der Waals surface area contributed by atoms with Crippen LogP contribution in [0.2, 0.25) is 0 Å². The number of ether oxygens (including phenoxy) is 2. The summed E-state index contributed by atoms with van der Waals surface area (Å²) in [6.45, 7) is 0.0616. The summed E-state index contributed by atoms with van der Waals surface area (Å²) >= 11 is 0. The molecule has 1 heterocycles. The highest BCUT2D eigenvalue weighted by Gasteiger charge is 2.39. The molecule has 0 saturated heterocycles. The lowest BCUT2D eigenvalue weighted by molar-refractivity contribution is -0.152. The number of methoxy groups -OCH3 is 1. The van der Waals surface area contributed by atoms with Gasteiger partial charge in [0, 0.05) is 6.07 Å². The van der Waals surface area contributed by atoms with E-state index in [4.69, 9.17) is 13.9 Å². The first-order chi connectivity index (χ1) is 15.3. The van der Waals surface area contributed by atoms with Gasteiger partial charge < -0.3 is 13.9 Å². The van der Waals surface area contributed by atoms with Crippen LogP contribution in [0.25, 0.3) is 22.1 Å². The highest BCUT2D eigenvalue weighted by Crippen LogP contribution is 2.38. The fraction of sp³-hybridized carbons (Fsp3) is 0.125. The van der Waals surface area contributed by atoms with Crippen molar-refractivity contribution in [1.29, 1.82) is 0 Å². The SMILES string of the molecule is COc1ccc(-c2c(C(F)(F)F)oc3cc(OCc4ccc(F)cc4)ccc3c2=O)cc1. The third-order valence-corrected chi connectivity index (χ3v) is 4.82. The molecule has 8 heteroatoms. The first kappa shape index (κ1) is 21.4. The Kier molecular flexibility index (Phi) is 5.61. The molecule has 0 aliphatic rings. The number of benzene rings is 3. The molecule has 3 aromatic carbocycles. The molecule has 0 aliphatic carbocycles. The zero-order valence-electron chi connectivity index (χ0n) is 16.7. The fourth-order valence-electron chi connectivity index (χ4n) is 3.23. The van der Waals surface area contributed by atoms with Crippen LogP contribution in [0.5, 0.6) is 11.5 Å². The number of fused-ring (bicyclic) bond motifs is 1. The summed E-state index contributed by atoms with van der Waals surface area (Å²) in [6, 6.07) is 15.3. The second kappa shape index (κ2) is 8.37. The van der Waals surface area contributed by atoms with Crippen molar-refractivity contribution in [2.75, 3.05) is 7.11 Å². The largest absolute Gasteiger partial charge is 0.497 e. The van der Waals surface area contributed by atoms with E-state index < -0.39 is 28.7 Å². The average Bonchev–Trinajstić information content (AvgIpc) is 2.78. The zero-order chi connectivity index (χ0) is 22.9. The molecule has 4 rings (SSSR count). The Labute approximate surface area is 179 Å². The minimum atomic E-state index is -4.90. The van der Waals surface area contributed by atoms with Gasteiger partial charge in [0.1, 0.15) is 29.5 Å². The van der Waals surface area contributed by atoms with Crippen LogP contribution in [0.4, 0.5) is 17.6 Å². The summed E-state index contributed by atoms with van der Waals surface area (Å²) in [4.78, 5) is 13.0. The van der Waals surface area contributed by atoms with E-state index in [-0.39, 0.29) is 28.9 Å². The Hall–Kier alpha value is -3.81. The number of hydrogen-bond acceptors (Lipinski definition) is 4. The maximum Gasteiger partial charge on any atom is 0.450 e. The number of alkyl halides is 3. The van der Waals surface area contributed by atoms with Crippen molar-refractivity contribution in [2.24, 2.45) is 0 Å². The molecule has 32 heavy (non-hydrogen) atoms. The lowest BCUT2D eigenvalue weighted by Crippen LogP contribution is -2.16. The molecule has 4 nitrogen and oxygen atoms in total. The van der Waals surface area contributed by atoms with Gasteiger partial charge >= 0.3 is 6.18 Å². The summed E-state index contributed by atoms with van der Waals surface area (Å²) < 4.78 is 70.1. The van der Waals surface area contributed by atoms with Gasteiger partial charge in [-0.1, -0.05) is 24.3 Å². The van der Waals surface area contributed by atoms with Gasteiger partial charge in [0.2, 0.25) is 11.2 Å². The van der Waals surface area contributed by atoms with Crippen LogP contribution in [0, 0.1) is 5.82 Å². The van der Waals surface area contributed by atoms with Crippen LogP contribution in [0.15, 0.2) is 75.9 Å². The smallest absolute Gasteiger partial charge is 0.450 e. The van der Waals surface area contributed by atoms with Gasteiger partial charge in [0.25, 0.3) is 0 Å². The van der Waals surface area contributed by atoms with Gasteiger partial charge in [-0.25, -0.2) is 4.39 Å². The van der Waals surface area contributed by atoms with Crippen LogP contribution in [-0.2, 0) is 12.8 Å². The molecule has 0 atom stereocenters. The maximum absolute atomic E-state index is 13.8. The third-order valence-electron chi connectivity index (χ3n) is 4.82. The molecule has 1 aromatic heterocycles. The summed E-state index contributed by atoms with van der Waals surface area (Å²) in [6.07, 6.45) is -4.90. The highest BCUT2D eigenvalue weighted by atomic mass is 19.4. The second-order valence-corrected chi connectivity index (χ2v) is 6.93. The minimum absolute atomic E-state index is 0.0158. The predicted molar refractivity (Wildman–Crippen MR) is 110 cm³/mol. The van der Waals surface area contributed by atoms with E-state index in [1.54, 1.807) is 0 Å². The van der Waals surface area contributed by atoms with Gasteiger partial charge in [-0.15, -0.1) is 0 Å². The molecular weight excluding hydrogens is 428 g/mol. The van der Waals surface area contributed by atoms with E-state index in [0.29, 0.717) is 11.3 Å². The van der Waals surface area contributed by atoms with Crippen molar-refractivity contribution in [1.82, 2.24) is 0 Å². The molecule has 0 bridgehead atoms. The number of hydrogen-bond donors (Lipinski definition) is 0. The summed E-state index contributed by atoms with van der Waals surface area (Å²) in [5.74, 6) is -1.14. The molecule has 4 aromatic rings. The molecule has 0 saturated carbocycles. The van der Waals surface area contributed by atoms with Crippen LogP contribution >= 0.6 is 0 Å². The number of halogens is 4. The molecular formula is C24H16F4O4. The van der Waals surface area contributed by atoms with Gasteiger partial charge in [0.05, 0.1) is 18.1 Å². The molecule has 0 spiro atoms. The monoisotopic (exact) mass is 444 g/mol. The normalized spacial score (nSPS) is 11.5. The van der Waals surface area contributed by atoms with Crippen molar-refractivity contribution in [3.63, 3.8) is 0 Å². The Bertz CT molecular complexity index is 1310. The summed E-state index contributed by atoms with van der Waals surface area (Å²) in [5.41, 5.74) is -0.915. The molecule has 164 valence electrons. The molecule has 0 radical (unpaired) electrons. The van der Waals surface area contributed by atoms with Crippen molar-refractivity contribution in [2.45, 2.75) is 12.8 Å². The Morgan fingerprint density at radius 2 is 1.56 bits per heavy atom. The van der Waals surface area contributed by atoms with Gasteiger partial charge in [0.15, 0.2) is 0 Å². The Morgan fingerprint density at radius 1 is 0.906 bits per heavy atom. The summed E-state index contributed by atoms with van der Waals surface area (Å²) in [5, 5.41) is -0.0158. The first-order valence-corrected chi connectivity index (χ1v) is 9.46. The number of rotatable bonds is 5. The van der Waals surface area contributed by atoms with Gasteiger partial charge in [-0.3, -0.25) is 4.79 Å². The second-order valence-electron chi connectivity index (χ2n) is 6.93. The molecule has 0 N–H and O–H groups in total. The maximum atomic E-state index is 13.8. The zero-order valence-corrected chi connectivity index (χ0v) is 16.7. The topological polar surface area (TPSA) is 48.7 Å². The van der Waals surface area contributed by atoms with Crippen LogP contribution in [0.1, 0.15) is 11.3 Å². The third kappa shape index (κ3) is 4.30. The molecule has 0 fully saturated rings.